The Balaban J connectivity index is 2.83. The highest BCUT2D eigenvalue weighted by Crippen LogP contribution is 2.20. The van der Waals surface area contributed by atoms with Gasteiger partial charge in [-0.2, -0.15) is 0 Å². The van der Waals surface area contributed by atoms with Crippen LogP contribution in [0.4, 0.5) is 0 Å². The van der Waals surface area contributed by atoms with E-state index in [-0.39, 0.29) is 30.4 Å². The number of ether oxygens (including phenoxy) is 1. The van der Waals surface area contributed by atoms with Crippen molar-refractivity contribution in [1.82, 2.24) is 15.1 Å². The molecule has 0 aromatic rings. The van der Waals surface area contributed by atoms with Crippen LogP contribution < -0.4 is 5.32 Å². The molecule has 1 fully saturated rings. The molecule has 1 heterocycles. The number of rotatable bonds is 28. The van der Waals surface area contributed by atoms with Crippen LogP contribution >= 0.6 is 0 Å². The smallest absolute Gasteiger partial charge is 0.308 e. The Morgan fingerprint density at radius 1 is 0.705 bits per heavy atom. The first kappa shape index (κ1) is 40.8. The summed E-state index contributed by atoms with van der Waals surface area (Å²) in [4.78, 5) is 31.2. The van der Waals surface area contributed by atoms with Gasteiger partial charge < -0.3 is 15.2 Å². The van der Waals surface area contributed by atoms with E-state index in [1.807, 2.05) is 16.8 Å². The fourth-order valence-electron chi connectivity index (χ4n) is 6.36. The molecule has 0 aromatic heterocycles. The maximum Gasteiger partial charge on any atom is 0.308 e. The summed E-state index contributed by atoms with van der Waals surface area (Å²) in [6.07, 6.45) is 24.8. The van der Waals surface area contributed by atoms with Crippen LogP contribution in [-0.2, 0) is 14.3 Å². The zero-order valence-electron chi connectivity index (χ0n) is 29.8. The lowest BCUT2D eigenvalue weighted by molar-refractivity contribution is -0.155. The number of amides is 1. The van der Waals surface area contributed by atoms with Crippen LogP contribution in [0, 0.1) is 0 Å². The van der Waals surface area contributed by atoms with E-state index in [1.54, 1.807) is 0 Å². The van der Waals surface area contributed by atoms with Crippen LogP contribution in [0.15, 0.2) is 0 Å². The van der Waals surface area contributed by atoms with Crippen molar-refractivity contribution in [2.24, 2.45) is 0 Å². The van der Waals surface area contributed by atoms with E-state index in [0.717, 1.165) is 64.2 Å². The minimum absolute atomic E-state index is 0.0422. The van der Waals surface area contributed by atoms with E-state index >= 15 is 0 Å². The standard InChI is InChI=1S/C37H73N3O4/c1-6-10-14-16-17-18-20-23-27-33(26-13-9-4)44-36(42)30-34(40-29-28-39(5)35(41)31-40)37(43)38-32(24-21-12-8-3)25-22-19-15-11-7-2/h32-35,41H,6-31H2,1-5H3,(H,38,43). The lowest BCUT2D eigenvalue weighted by atomic mass is 10.00. The quantitative estimate of drug-likeness (QED) is 0.0673. The number of unbranched alkanes of at least 4 members (excludes halogenated alkanes) is 14. The molecule has 0 spiro atoms. The van der Waals surface area contributed by atoms with E-state index in [2.05, 4.69) is 33.0 Å². The summed E-state index contributed by atoms with van der Waals surface area (Å²) in [6.45, 7) is 10.5. The van der Waals surface area contributed by atoms with Gasteiger partial charge in [0.1, 0.15) is 12.3 Å². The van der Waals surface area contributed by atoms with Crippen molar-refractivity contribution in [2.45, 2.75) is 200 Å². The fraction of sp³-hybridized carbons (Fsp3) is 0.946. The second-order valence-electron chi connectivity index (χ2n) is 13.6. The van der Waals surface area contributed by atoms with E-state index in [4.69, 9.17) is 4.74 Å². The summed E-state index contributed by atoms with van der Waals surface area (Å²) in [5, 5.41) is 14.0. The van der Waals surface area contributed by atoms with Crippen LogP contribution in [0.2, 0.25) is 0 Å². The van der Waals surface area contributed by atoms with Gasteiger partial charge >= 0.3 is 5.97 Å². The molecule has 0 aliphatic carbocycles. The van der Waals surface area contributed by atoms with Gasteiger partial charge in [0.15, 0.2) is 0 Å². The van der Waals surface area contributed by atoms with Gasteiger partial charge in [0.05, 0.1) is 12.5 Å². The Morgan fingerprint density at radius 2 is 1.18 bits per heavy atom. The molecule has 1 aliphatic rings. The maximum absolute atomic E-state index is 13.9. The van der Waals surface area contributed by atoms with Gasteiger partial charge in [0.2, 0.25) is 5.91 Å². The first-order chi connectivity index (χ1) is 21.4. The Labute approximate surface area is 272 Å². The molecule has 7 heteroatoms. The third-order valence-corrected chi connectivity index (χ3v) is 9.47. The SMILES string of the molecule is CCCCCCCCCCC(CCCC)OC(=O)CC(C(=O)NC(CCCCC)CCCCCCC)N1CCN(C)C(O)C1. The zero-order chi connectivity index (χ0) is 32.4. The van der Waals surface area contributed by atoms with Crippen molar-refractivity contribution < 1.29 is 19.4 Å². The van der Waals surface area contributed by atoms with Gasteiger partial charge in [0.25, 0.3) is 0 Å². The van der Waals surface area contributed by atoms with Crippen molar-refractivity contribution >= 4 is 11.9 Å². The Hall–Kier alpha value is -1.18. The summed E-state index contributed by atoms with van der Waals surface area (Å²) in [5.41, 5.74) is 0. The van der Waals surface area contributed by atoms with Crippen molar-refractivity contribution in [3.8, 4) is 0 Å². The molecule has 0 radical (unpaired) electrons. The van der Waals surface area contributed by atoms with Gasteiger partial charge in [-0.15, -0.1) is 0 Å². The number of nitrogens with zero attached hydrogens (tertiary/aromatic N) is 2. The number of hydrogen-bond acceptors (Lipinski definition) is 6. The topological polar surface area (TPSA) is 82.1 Å². The number of carbonyl (C=O) groups is 2. The second kappa shape index (κ2) is 27.0. The lowest BCUT2D eigenvalue weighted by Gasteiger charge is -2.40. The van der Waals surface area contributed by atoms with Gasteiger partial charge in [-0.05, 0) is 39.2 Å². The molecule has 0 saturated carbocycles. The minimum Gasteiger partial charge on any atom is -0.462 e. The van der Waals surface area contributed by atoms with Gasteiger partial charge in [-0.3, -0.25) is 19.4 Å². The molecule has 4 atom stereocenters. The predicted octanol–water partition coefficient (Wildman–Crippen LogP) is 8.37. The summed E-state index contributed by atoms with van der Waals surface area (Å²) in [7, 11) is 1.90. The largest absolute Gasteiger partial charge is 0.462 e. The Morgan fingerprint density at radius 3 is 1.75 bits per heavy atom. The second-order valence-corrected chi connectivity index (χ2v) is 13.6. The highest BCUT2D eigenvalue weighted by molar-refractivity contribution is 5.87. The normalized spacial score (nSPS) is 18.2. The van der Waals surface area contributed by atoms with E-state index in [9.17, 15) is 14.7 Å². The molecule has 0 aromatic carbocycles. The van der Waals surface area contributed by atoms with Crippen molar-refractivity contribution in [3.63, 3.8) is 0 Å². The average molecular weight is 624 g/mol. The monoisotopic (exact) mass is 624 g/mol. The molecule has 1 amide bonds. The van der Waals surface area contributed by atoms with Crippen molar-refractivity contribution in [2.75, 3.05) is 26.7 Å². The first-order valence-electron chi connectivity index (χ1n) is 19.0. The van der Waals surface area contributed by atoms with Gasteiger partial charge in [-0.1, -0.05) is 137 Å². The maximum atomic E-state index is 13.9. The molecule has 0 bridgehead atoms. The number of piperazine rings is 1. The zero-order valence-corrected chi connectivity index (χ0v) is 29.8. The number of likely N-dealkylation sites (N-methyl/N-ethyl adjacent to an activating group) is 1. The number of aliphatic hydroxyl groups is 1. The molecule has 1 saturated heterocycles. The van der Waals surface area contributed by atoms with Crippen LogP contribution in [0.3, 0.4) is 0 Å². The molecular weight excluding hydrogens is 550 g/mol. The van der Waals surface area contributed by atoms with Crippen LogP contribution in [0.1, 0.15) is 175 Å². The average Bonchev–Trinajstić information content (AvgIpc) is 3.01. The summed E-state index contributed by atoms with van der Waals surface area (Å²) in [5.74, 6) is -0.358. The highest BCUT2D eigenvalue weighted by atomic mass is 16.5. The highest BCUT2D eigenvalue weighted by Gasteiger charge is 2.35. The van der Waals surface area contributed by atoms with Crippen LogP contribution in [-0.4, -0.2) is 77.9 Å². The number of β-amino-alcohol motifs (C(OH)–C–C–N with tert-alkyl or cyclic N) is 1. The van der Waals surface area contributed by atoms with E-state index < -0.39 is 12.3 Å². The van der Waals surface area contributed by atoms with E-state index in [1.165, 1.54) is 77.0 Å². The van der Waals surface area contributed by atoms with Crippen molar-refractivity contribution in [1.29, 1.82) is 0 Å². The minimum atomic E-state index is -0.645. The summed E-state index contributed by atoms with van der Waals surface area (Å²) >= 11 is 0. The summed E-state index contributed by atoms with van der Waals surface area (Å²) in [6, 6.07) is -0.486. The molecule has 7 nitrogen and oxygen atoms in total. The first-order valence-corrected chi connectivity index (χ1v) is 19.0. The number of carbonyl (C=O) groups excluding carboxylic acids is 2. The molecule has 4 unspecified atom stereocenters. The Bertz CT molecular complexity index is 706. The molecule has 260 valence electrons. The fourth-order valence-corrected chi connectivity index (χ4v) is 6.36. The molecular formula is C37H73N3O4. The molecule has 1 rings (SSSR count). The Kier molecular flexibility index (Phi) is 25.0. The number of hydrogen-bond donors (Lipinski definition) is 2. The lowest BCUT2D eigenvalue weighted by Crippen LogP contribution is -2.59. The molecule has 1 aliphatic heterocycles. The van der Waals surface area contributed by atoms with Gasteiger partial charge in [0, 0.05) is 25.7 Å². The molecule has 2 N–H and O–H groups in total. The van der Waals surface area contributed by atoms with Crippen LogP contribution in [0.25, 0.3) is 0 Å². The number of esters is 1. The number of aliphatic hydroxyl groups excluding tert-OH is 1. The third kappa shape index (κ3) is 19.4. The van der Waals surface area contributed by atoms with E-state index in [0.29, 0.717) is 19.6 Å². The number of nitrogens with one attached hydrogen (secondary N) is 1. The predicted molar refractivity (Wildman–Crippen MR) is 185 cm³/mol. The van der Waals surface area contributed by atoms with Crippen LogP contribution in [0.5, 0.6) is 0 Å². The summed E-state index contributed by atoms with van der Waals surface area (Å²) < 4.78 is 6.10. The van der Waals surface area contributed by atoms with Crippen molar-refractivity contribution in [3.05, 3.63) is 0 Å². The third-order valence-electron chi connectivity index (χ3n) is 9.47. The van der Waals surface area contributed by atoms with Gasteiger partial charge in [-0.25, -0.2) is 0 Å². The molecule has 44 heavy (non-hydrogen) atoms.